The van der Waals surface area contributed by atoms with Crippen molar-refractivity contribution in [3.8, 4) is 17.1 Å². The summed E-state index contributed by atoms with van der Waals surface area (Å²) in [4.78, 5) is 16.3. The van der Waals surface area contributed by atoms with Crippen LogP contribution in [-0.2, 0) is 0 Å². The number of anilines is 1. The Balaban J connectivity index is 1.70. The third kappa shape index (κ3) is 4.36. The lowest BCUT2D eigenvalue weighted by atomic mass is 9.91. The van der Waals surface area contributed by atoms with Gasteiger partial charge in [-0.3, -0.25) is 9.97 Å². The first kappa shape index (κ1) is 22.3. The molecule has 0 aliphatic carbocycles. The van der Waals surface area contributed by atoms with Crippen LogP contribution in [0.5, 0.6) is 5.75 Å². The number of nitrogens with zero attached hydrogens (tertiary/aromatic N) is 3. The summed E-state index contributed by atoms with van der Waals surface area (Å²) >= 11 is 0. The van der Waals surface area contributed by atoms with Crippen LogP contribution in [-0.4, -0.2) is 27.0 Å². The van der Waals surface area contributed by atoms with Gasteiger partial charge >= 0.3 is 0 Å². The molecule has 4 aromatic heterocycles. The van der Waals surface area contributed by atoms with Crippen molar-refractivity contribution in [2.75, 3.05) is 12.4 Å². The van der Waals surface area contributed by atoms with Crippen LogP contribution in [0.4, 0.5) is 10.1 Å². The summed E-state index contributed by atoms with van der Waals surface area (Å²) in [7, 11) is 1.64. The van der Waals surface area contributed by atoms with E-state index in [9.17, 15) is 4.39 Å². The number of hydrogen-bond acceptors (Lipinski definition) is 5. The maximum atomic E-state index is 14.6. The van der Waals surface area contributed by atoms with E-state index in [2.05, 4.69) is 31.8 Å². The number of fused-ring (bicyclic) bond motifs is 1. The van der Waals surface area contributed by atoms with E-state index in [0.29, 0.717) is 5.69 Å². The molecule has 174 valence electrons. The lowest BCUT2D eigenvalue weighted by Crippen LogP contribution is -2.15. The van der Waals surface area contributed by atoms with Crippen molar-refractivity contribution in [2.24, 2.45) is 0 Å². The Labute approximate surface area is 202 Å². The molecule has 5 aromatic rings. The van der Waals surface area contributed by atoms with Crippen LogP contribution >= 0.6 is 0 Å². The normalized spacial score (nSPS) is 11.9. The number of hydrogen-bond donors (Lipinski definition) is 2. The second-order valence-electron chi connectivity index (χ2n) is 8.22. The van der Waals surface area contributed by atoms with Gasteiger partial charge in [-0.25, -0.2) is 9.37 Å². The number of pyridine rings is 3. The van der Waals surface area contributed by atoms with Gasteiger partial charge in [0, 0.05) is 41.4 Å². The molecule has 6 nitrogen and oxygen atoms in total. The predicted octanol–water partition coefficient (Wildman–Crippen LogP) is 6.40. The Morgan fingerprint density at radius 2 is 1.89 bits per heavy atom. The highest BCUT2D eigenvalue weighted by atomic mass is 19.1. The van der Waals surface area contributed by atoms with Gasteiger partial charge in [0.2, 0.25) is 0 Å². The van der Waals surface area contributed by atoms with Crippen LogP contribution in [0.1, 0.15) is 29.7 Å². The number of aromatic amines is 1. The summed E-state index contributed by atoms with van der Waals surface area (Å²) in [6, 6.07) is 16.3. The average Bonchev–Trinajstić information content (AvgIpc) is 3.37. The number of nitrogens with one attached hydrogen (secondary N) is 2. The zero-order chi connectivity index (χ0) is 24.4. The smallest absolute Gasteiger partial charge is 0.151 e. The molecule has 1 unspecified atom stereocenters. The van der Waals surface area contributed by atoms with Crippen LogP contribution in [0.3, 0.4) is 0 Å². The van der Waals surface area contributed by atoms with E-state index in [-0.39, 0.29) is 11.7 Å². The minimum atomic E-state index is -0.425. The highest BCUT2D eigenvalue weighted by molar-refractivity contribution is 5.89. The van der Waals surface area contributed by atoms with Crippen molar-refractivity contribution < 1.29 is 9.13 Å². The Bertz CT molecular complexity index is 1510. The summed E-state index contributed by atoms with van der Waals surface area (Å²) in [6.45, 7) is 6.10. The van der Waals surface area contributed by atoms with E-state index in [1.165, 1.54) is 6.07 Å². The third-order valence-corrected chi connectivity index (χ3v) is 5.92. The van der Waals surface area contributed by atoms with Gasteiger partial charge < -0.3 is 15.0 Å². The van der Waals surface area contributed by atoms with E-state index < -0.39 is 5.82 Å². The molecule has 5 rings (SSSR count). The Kier molecular flexibility index (Phi) is 5.97. The molecule has 4 heterocycles. The molecule has 0 fully saturated rings. The van der Waals surface area contributed by atoms with Gasteiger partial charge in [0.1, 0.15) is 17.1 Å². The number of benzene rings is 1. The summed E-state index contributed by atoms with van der Waals surface area (Å²) in [6.07, 6.45) is 6.91. The zero-order valence-electron chi connectivity index (χ0n) is 19.4. The molecule has 2 N–H and O–H groups in total. The van der Waals surface area contributed by atoms with Gasteiger partial charge in [0.15, 0.2) is 5.82 Å². The van der Waals surface area contributed by atoms with Gasteiger partial charge in [-0.1, -0.05) is 18.7 Å². The summed E-state index contributed by atoms with van der Waals surface area (Å²) in [5.41, 5.74) is 5.96. The van der Waals surface area contributed by atoms with Gasteiger partial charge in [0.05, 0.1) is 18.8 Å². The molecule has 7 heteroatoms. The zero-order valence-corrected chi connectivity index (χ0v) is 19.4. The second-order valence-corrected chi connectivity index (χ2v) is 8.22. The molecule has 35 heavy (non-hydrogen) atoms. The lowest BCUT2D eigenvalue weighted by molar-refractivity contribution is 0.414. The molecule has 0 amide bonds. The molecule has 0 bridgehead atoms. The van der Waals surface area contributed by atoms with Crippen LogP contribution in [0.25, 0.3) is 28.0 Å². The Morgan fingerprint density at radius 3 is 2.63 bits per heavy atom. The van der Waals surface area contributed by atoms with Crippen LogP contribution < -0.4 is 10.1 Å². The number of allylic oxidation sites excluding steroid dienone is 1. The Morgan fingerprint density at radius 1 is 1.06 bits per heavy atom. The fraction of sp³-hybridized carbons (Fsp3) is 0.107. The first-order chi connectivity index (χ1) is 17.0. The van der Waals surface area contributed by atoms with E-state index in [1.54, 1.807) is 31.8 Å². The number of H-pyrrole nitrogens is 1. The number of ether oxygens (including phenoxy) is 1. The molecule has 0 saturated carbocycles. The molecular formula is C28H24FN5O. The maximum absolute atomic E-state index is 14.6. The highest BCUT2D eigenvalue weighted by Crippen LogP contribution is 2.36. The molecule has 0 radical (unpaired) electrons. The summed E-state index contributed by atoms with van der Waals surface area (Å²) in [5, 5.41) is 4.65. The monoisotopic (exact) mass is 465 g/mol. The number of aromatic nitrogens is 4. The SMILES string of the molecule is C=C(C)c1cnc(-c2ncccc2F)cc1C(Nc1ccnc2[nH]ccc12)c1ccc(OC)cc1. The quantitative estimate of drug-likeness (QED) is 0.291. The molecule has 1 atom stereocenters. The van der Waals surface area contributed by atoms with Gasteiger partial charge in [-0.2, -0.15) is 0 Å². The topological polar surface area (TPSA) is 75.7 Å². The molecule has 0 aliphatic rings. The second kappa shape index (κ2) is 9.38. The average molecular weight is 466 g/mol. The first-order valence-corrected chi connectivity index (χ1v) is 11.1. The van der Waals surface area contributed by atoms with E-state index in [1.807, 2.05) is 55.6 Å². The summed E-state index contributed by atoms with van der Waals surface area (Å²) < 4.78 is 20.0. The van der Waals surface area contributed by atoms with Crippen LogP contribution in [0, 0.1) is 5.82 Å². The Hall–Kier alpha value is -4.52. The molecule has 0 spiro atoms. The maximum Gasteiger partial charge on any atom is 0.151 e. The van der Waals surface area contributed by atoms with Gasteiger partial charge in [-0.15, -0.1) is 0 Å². The highest BCUT2D eigenvalue weighted by Gasteiger charge is 2.22. The van der Waals surface area contributed by atoms with Crippen molar-refractivity contribution in [2.45, 2.75) is 13.0 Å². The van der Waals surface area contributed by atoms with Gasteiger partial charge in [0.25, 0.3) is 0 Å². The van der Waals surface area contributed by atoms with E-state index in [0.717, 1.165) is 44.7 Å². The minimum absolute atomic E-state index is 0.201. The lowest BCUT2D eigenvalue weighted by Gasteiger charge is -2.25. The van der Waals surface area contributed by atoms with Crippen LogP contribution in [0.15, 0.2) is 86.0 Å². The number of methoxy groups -OCH3 is 1. The van der Waals surface area contributed by atoms with Crippen molar-refractivity contribution in [1.29, 1.82) is 0 Å². The van der Waals surface area contributed by atoms with E-state index >= 15 is 0 Å². The fourth-order valence-corrected chi connectivity index (χ4v) is 4.15. The van der Waals surface area contributed by atoms with E-state index in [4.69, 9.17) is 4.74 Å². The number of halogens is 1. The standard InChI is InChI=1S/C28H24FN5O/c1-17(2)22-16-33-25(27-23(29)5-4-12-30-27)15-21(22)26(18-6-8-19(35-3)9-7-18)34-24-11-14-32-28-20(24)10-13-31-28/h4-16,26H,1H2,2-3H3,(H2,31,32,34). The van der Waals surface area contributed by atoms with Crippen molar-refractivity contribution in [3.63, 3.8) is 0 Å². The third-order valence-electron chi connectivity index (χ3n) is 5.92. The molecular weight excluding hydrogens is 441 g/mol. The molecule has 0 aliphatic heterocycles. The molecule has 0 saturated heterocycles. The van der Waals surface area contributed by atoms with Crippen molar-refractivity contribution in [1.82, 2.24) is 19.9 Å². The van der Waals surface area contributed by atoms with Crippen molar-refractivity contribution >= 4 is 22.3 Å². The van der Waals surface area contributed by atoms with Gasteiger partial charge in [-0.05, 0) is 66.1 Å². The largest absolute Gasteiger partial charge is 0.497 e. The van der Waals surface area contributed by atoms with Crippen LogP contribution in [0.2, 0.25) is 0 Å². The van der Waals surface area contributed by atoms with Crippen molar-refractivity contribution in [3.05, 3.63) is 108 Å². The predicted molar refractivity (Wildman–Crippen MR) is 137 cm³/mol. The molecule has 1 aromatic carbocycles. The fourth-order valence-electron chi connectivity index (χ4n) is 4.15. The minimum Gasteiger partial charge on any atom is -0.497 e. The number of rotatable bonds is 7. The first-order valence-electron chi connectivity index (χ1n) is 11.1. The summed E-state index contributed by atoms with van der Waals surface area (Å²) in [5.74, 6) is 0.335.